The van der Waals surface area contributed by atoms with Crippen LogP contribution in [0.4, 0.5) is 0 Å². The minimum Gasteiger partial charge on any atom is -0.496 e. The zero-order valence-corrected chi connectivity index (χ0v) is 27.2. The maximum atomic E-state index is 13.6. The SMILES string of the molecule is COc1ccc(-c2ccccc2S(C)(=O)=O)cc1CN[C@H]1CCN(C(=O)C2CCN(C(C)=O)CC2)C[C@H]1c1ccccc1.Cl. The van der Waals surface area contributed by atoms with Gasteiger partial charge in [-0.2, -0.15) is 0 Å². The van der Waals surface area contributed by atoms with E-state index < -0.39 is 9.84 Å². The van der Waals surface area contributed by atoms with Crippen molar-refractivity contribution in [3.05, 3.63) is 83.9 Å². The topological polar surface area (TPSA) is 96.0 Å². The Morgan fingerprint density at radius 1 is 0.909 bits per heavy atom. The third-order valence-corrected chi connectivity index (χ3v) is 10.0. The largest absolute Gasteiger partial charge is 0.496 e. The Kier molecular flexibility index (Phi) is 11.1. The van der Waals surface area contributed by atoms with Crippen LogP contribution in [-0.2, 0) is 26.0 Å². The predicted molar refractivity (Wildman–Crippen MR) is 175 cm³/mol. The van der Waals surface area contributed by atoms with Crippen LogP contribution in [-0.4, -0.2) is 75.6 Å². The van der Waals surface area contributed by atoms with Crippen LogP contribution in [0.15, 0.2) is 77.7 Å². The molecule has 0 unspecified atom stereocenters. The first-order valence-corrected chi connectivity index (χ1v) is 16.8. The Morgan fingerprint density at radius 2 is 1.57 bits per heavy atom. The van der Waals surface area contributed by atoms with E-state index in [0.29, 0.717) is 56.0 Å². The first-order chi connectivity index (χ1) is 20.7. The third kappa shape index (κ3) is 7.62. The van der Waals surface area contributed by atoms with Crippen molar-refractivity contribution in [1.29, 1.82) is 0 Å². The molecule has 0 aromatic heterocycles. The molecule has 3 aromatic carbocycles. The van der Waals surface area contributed by atoms with Crippen molar-refractivity contribution in [3.63, 3.8) is 0 Å². The van der Waals surface area contributed by atoms with E-state index in [0.717, 1.165) is 23.3 Å². The maximum Gasteiger partial charge on any atom is 0.225 e. The van der Waals surface area contributed by atoms with Crippen molar-refractivity contribution < 1.29 is 22.7 Å². The number of nitrogens with zero attached hydrogens (tertiary/aromatic N) is 2. The number of benzene rings is 3. The molecular formula is C34H42ClN3O5S. The number of piperidine rings is 2. The van der Waals surface area contributed by atoms with Crippen LogP contribution in [0.5, 0.6) is 5.75 Å². The third-order valence-electron chi connectivity index (χ3n) is 8.87. The Labute approximate surface area is 267 Å². The highest BCUT2D eigenvalue weighted by Gasteiger charge is 2.36. The van der Waals surface area contributed by atoms with Crippen molar-refractivity contribution in [3.8, 4) is 16.9 Å². The molecule has 2 aliphatic heterocycles. The van der Waals surface area contributed by atoms with Gasteiger partial charge in [-0.05, 0) is 48.6 Å². The average molecular weight is 640 g/mol. The van der Waals surface area contributed by atoms with Crippen LogP contribution in [0.1, 0.15) is 43.2 Å². The van der Waals surface area contributed by atoms with E-state index in [1.54, 1.807) is 26.2 Å². The van der Waals surface area contributed by atoms with Crippen LogP contribution < -0.4 is 10.1 Å². The van der Waals surface area contributed by atoms with Gasteiger partial charge >= 0.3 is 0 Å². The molecule has 3 aromatic rings. The Morgan fingerprint density at radius 3 is 2.23 bits per heavy atom. The number of carbonyl (C=O) groups excluding carboxylic acids is 2. The summed E-state index contributed by atoms with van der Waals surface area (Å²) < 4.78 is 30.6. The van der Waals surface area contributed by atoms with E-state index in [1.165, 1.54) is 11.8 Å². The lowest BCUT2D eigenvalue weighted by Crippen LogP contribution is -2.52. The number of likely N-dealkylation sites (tertiary alicyclic amines) is 2. The molecule has 2 aliphatic rings. The van der Waals surface area contributed by atoms with Crippen molar-refractivity contribution in [2.45, 2.75) is 49.6 Å². The molecule has 0 spiro atoms. The molecule has 10 heteroatoms. The fraction of sp³-hybridized carbons (Fsp3) is 0.412. The highest BCUT2D eigenvalue weighted by molar-refractivity contribution is 7.90. The summed E-state index contributed by atoms with van der Waals surface area (Å²) >= 11 is 0. The quantitative estimate of drug-likeness (QED) is 0.376. The second-order valence-corrected chi connectivity index (χ2v) is 13.6. The van der Waals surface area contributed by atoms with Gasteiger partial charge in [-0.1, -0.05) is 54.6 Å². The van der Waals surface area contributed by atoms with E-state index in [1.807, 2.05) is 58.3 Å². The van der Waals surface area contributed by atoms with Gasteiger partial charge in [-0.25, -0.2) is 8.42 Å². The number of amides is 2. The number of halogens is 1. The Hall–Kier alpha value is -3.40. The lowest BCUT2D eigenvalue weighted by Gasteiger charge is -2.42. The van der Waals surface area contributed by atoms with E-state index in [2.05, 4.69) is 17.4 Å². The van der Waals surface area contributed by atoms with E-state index >= 15 is 0 Å². The molecule has 8 nitrogen and oxygen atoms in total. The molecule has 236 valence electrons. The fourth-order valence-electron chi connectivity index (χ4n) is 6.49. The molecule has 2 atom stereocenters. The number of nitrogens with one attached hydrogen (secondary N) is 1. The number of carbonyl (C=O) groups is 2. The monoisotopic (exact) mass is 639 g/mol. The van der Waals surface area contributed by atoms with E-state index in [9.17, 15) is 18.0 Å². The molecule has 0 saturated carbocycles. The van der Waals surface area contributed by atoms with Gasteiger partial charge in [-0.3, -0.25) is 9.59 Å². The summed E-state index contributed by atoms with van der Waals surface area (Å²) in [6.45, 7) is 4.70. The van der Waals surface area contributed by atoms with Gasteiger partial charge in [0.2, 0.25) is 11.8 Å². The van der Waals surface area contributed by atoms with Crippen molar-refractivity contribution in [2.75, 3.05) is 39.5 Å². The number of hydrogen-bond donors (Lipinski definition) is 1. The number of sulfone groups is 1. The molecule has 2 fully saturated rings. The number of hydrogen-bond acceptors (Lipinski definition) is 6. The van der Waals surface area contributed by atoms with Crippen LogP contribution in [0.25, 0.3) is 11.1 Å². The molecular weight excluding hydrogens is 598 g/mol. The smallest absolute Gasteiger partial charge is 0.225 e. The van der Waals surface area contributed by atoms with Crippen molar-refractivity contribution >= 4 is 34.1 Å². The van der Waals surface area contributed by atoms with E-state index in [-0.39, 0.29) is 42.1 Å². The summed E-state index contributed by atoms with van der Waals surface area (Å²) in [5.74, 6) is 1.06. The molecule has 5 rings (SSSR count). The van der Waals surface area contributed by atoms with Crippen LogP contribution in [0, 0.1) is 5.92 Å². The lowest BCUT2D eigenvalue weighted by molar-refractivity contribution is -0.141. The van der Waals surface area contributed by atoms with Gasteiger partial charge in [0.25, 0.3) is 0 Å². The molecule has 1 N–H and O–H groups in total. The molecule has 2 saturated heterocycles. The van der Waals surface area contributed by atoms with Crippen LogP contribution in [0.3, 0.4) is 0 Å². The first kappa shape index (κ1) is 33.5. The number of ether oxygens (including phenoxy) is 1. The lowest BCUT2D eigenvalue weighted by atomic mass is 9.84. The van der Waals surface area contributed by atoms with Gasteiger partial charge in [0.05, 0.1) is 12.0 Å². The number of methoxy groups -OCH3 is 1. The van der Waals surface area contributed by atoms with Crippen molar-refractivity contribution in [1.82, 2.24) is 15.1 Å². The van der Waals surface area contributed by atoms with Crippen LogP contribution in [0.2, 0.25) is 0 Å². The average Bonchev–Trinajstić information content (AvgIpc) is 3.03. The summed E-state index contributed by atoms with van der Waals surface area (Å²) in [5, 5.41) is 3.76. The first-order valence-electron chi connectivity index (χ1n) is 14.9. The molecule has 0 bridgehead atoms. The second-order valence-electron chi connectivity index (χ2n) is 11.7. The summed E-state index contributed by atoms with van der Waals surface area (Å²) in [6.07, 6.45) is 3.46. The second kappa shape index (κ2) is 14.6. The van der Waals surface area contributed by atoms with Gasteiger partial charge in [0.1, 0.15) is 5.75 Å². The molecule has 44 heavy (non-hydrogen) atoms. The minimum atomic E-state index is -3.40. The summed E-state index contributed by atoms with van der Waals surface area (Å²) in [5.41, 5.74) is 3.60. The molecule has 0 radical (unpaired) electrons. The predicted octanol–water partition coefficient (Wildman–Crippen LogP) is 4.92. The van der Waals surface area contributed by atoms with Gasteiger partial charge < -0.3 is 19.9 Å². The zero-order valence-electron chi connectivity index (χ0n) is 25.6. The molecule has 0 aliphatic carbocycles. The molecule has 2 heterocycles. The number of rotatable bonds is 8. The summed E-state index contributed by atoms with van der Waals surface area (Å²) in [4.78, 5) is 29.5. The van der Waals surface area contributed by atoms with Gasteiger partial charge in [0.15, 0.2) is 9.84 Å². The molecule has 2 amide bonds. The standard InChI is InChI=1S/C34H41N3O5S.ClH/c1-24(38)36-18-15-26(16-19-36)34(39)37-20-17-31(30(23-37)25-9-5-4-6-10-25)35-22-28-21-27(13-14-32(28)42-2)29-11-7-8-12-33(29)43(3,40)41;/h4-14,21,26,30-31,35H,15-20,22-23H2,1-3H3;1H/t30-,31-;/m0./s1. The van der Waals surface area contributed by atoms with Gasteiger partial charge in [-0.15, -0.1) is 12.4 Å². The highest BCUT2D eigenvalue weighted by Crippen LogP contribution is 2.33. The summed E-state index contributed by atoms with van der Waals surface area (Å²) in [6, 6.07) is 23.3. The van der Waals surface area contributed by atoms with E-state index in [4.69, 9.17) is 4.74 Å². The highest BCUT2D eigenvalue weighted by atomic mass is 35.5. The normalized spacial score (nSPS) is 19.2. The Balaban J connectivity index is 0.00000442. The summed E-state index contributed by atoms with van der Waals surface area (Å²) in [7, 11) is -1.76. The van der Waals surface area contributed by atoms with Crippen molar-refractivity contribution in [2.24, 2.45) is 5.92 Å². The van der Waals surface area contributed by atoms with Crippen LogP contribution >= 0.6 is 12.4 Å². The maximum absolute atomic E-state index is 13.6. The fourth-order valence-corrected chi connectivity index (χ4v) is 7.40. The zero-order chi connectivity index (χ0) is 30.6. The Bertz CT molecular complexity index is 1560. The minimum absolute atomic E-state index is 0. The van der Waals surface area contributed by atoms with Gasteiger partial charge in [0, 0.05) is 74.9 Å².